The number of esters is 2. The van der Waals surface area contributed by atoms with Crippen LogP contribution in [0.1, 0.15) is 251 Å². The van der Waals surface area contributed by atoms with Gasteiger partial charge in [-0.25, -0.2) is 9.59 Å². The molecule has 0 bridgehead atoms. The number of amides is 6. The summed E-state index contributed by atoms with van der Waals surface area (Å²) in [7, 11) is 9.22. The fourth-order valence-corrected chi connectivity index (χ4v) is 19.0. The SMILES string of the molecule is CC[C@@H](CNC(=O)c1cccc(C(OCCCC(=O)OC)c2cccc(Cl)c2)c1)C[C@H]1CCCOC1.CC[C@H](CNC(=O)c1cccc([C@@H](OCCCC(=O)OC)c2cccc(Cl)c2)c1)C[C@@H]1CCCOC1.CN[C@H](CNC(=O)c1cccc(C(OCCNC(=O)OC)c2cc(Cl)ccc2C)c1)C[C@H]1CCCOC1.CN[C@H](CNC(=O)c1cccc(C(OCCNC(=O)OC)c2cc(Cl)ccc2C)c1)C[C@H]1CCCOC1. The highest BCUT2D eigenvalue weighted by Gasteiger charge is 2.30. The average molecular weight is 2100 g/mol. The molecule has 8 N–H and O–H groups in total. The number of carbonyl (C=O) groups excluding carboxylic acids is 8. The van der Waals surface area contributed by atoms with Crippen molar-refractivity contribution in [1.29, 1.82) is 0 Å². The second-order valence-corrected chi connectivity index (χ2v) is 39.2. The van der Waals surface area contributed by atoms with Crippen LogP contribution in [0.4, 0.5) is 9.59 Å². The van der Waals surface area contributed by atoms with Crippen LogP contribution in [0.5, 0.6) is 0 Å². The van der Waals surface area contributed by atoms with E-state index in [1.54, 1.807) is 12.1 Å². The van der Waals surface area contributed by atoms with Crippen LogP contribution in [-0.2, 0) is 66.4 Å². The third-order valence-corrected chi connectivity index (χ3v) is 27.5. The van der Waals surface area contributed by atoms with Crippen molar-refractivity contribution >= 4 is 94.2 Å². The summed E-state index contributed by atoms with van der Waals surface area (Å²) in [5.41, 5.74) is 11.2. The first kappa shape index (κ1) is 119. The maximum atomic E-state index is 13.1. The summed E-state index contributed by atoms with van der Waals surface area (Å²) in [6, 6.07) is 56.5. The van der Waals surface area contributed by atoms with Crippen molar-refractivity contribution in [2.75, 3.05) is 161 Å². The third-order valence-electron chi connectivity index (χ3n) is 26.6. The fourth-order valence-electron chi connectivity index (χ4n) is 18.3. The van der Waals surface area contributed by atoms with Crippen LogP contribution in [0.15, 0.2) is 182 Å². The molecule has 8 aromatic rings. The minimum Gasteiger partial charge on any atom is -0.469 e. The predicted octanol–water partition coefficient (Wildman–Crippen LogP) is 20.4. The maximum Gasteiger partial charge on any atom is 0.406 e. The highest BCUT2D eigenvalue weighted by Crippen LogP contribution is 2.37. The van der Waals surface area contributed by atoms with E-state index < -0.39 is 36.6 Å². The molecule has 0 saturated carbocycles. The summed E-state index contributed by atoms with van der Waals surface area (Å²) in [5, 5.41) is 26.7. The molecule has 4 heterocycles. The van der Waals surface area contributed by atoms with E-state index in [1.807, 2.05) is 198 Å². The minimum atomic E-state index is -0.520. The first-order chi connectivity index (χ1) is 70.8. The molecule has 0 radical (unpaired) electrons. The smallest absolute Gasteiger partial charge is 0.406 e. The van der Waals surface area contributed by atoms with Crippen molar-refractivity contribution in [2.24, 2.45) is 35.5 Å². The van der Waals surface area contributed by atoms with E-state index in [-0.39, 0.29) is 86.8 Å². The highest BCUT2D eigenvalue weighted by atomic mass is 35.5. The third kappa shape index (κ3) is 42.5. The van der Waals surface area contributed by atoms with Crippen LogP contribution in [-0.4, -0.2) is 221 Å². The molecule has 0 aliphatic carbocycles. The van der Waals surface area contributed by atoms with E-state index in [4.69, 9.17) is 93.8 Å². The van der Waals surface area contributed by atoms with Crippen LogP contribution in [0.25, 0.3) is 0 Å². The first-order valence-corrected chi connectivity index (χ1v) is 52.8. The van der Waals surface area contributed by atoms with Gasteiger partial charge in [-0.3, -0.25) is 28.8 Å². The van der Waals surface area contributed by atoms with Crippen LogP contribution in [0, 0.1) is 49.4 Å². The van der Waals surface area contributed by atoms with Crippen LogP contribution < -0.4 is 42.5 Å². The molecule has 4 fully saturated rings. The van der Waals surface area contributed by atoms with Crippen molar-refractivity contribution < 1.29 is 95.2 Å². The lowest BCUT2D eigenvalue weighted by atomic mass is 9.89. The zero-order valence-corrected chi connectivity index (χ0v) is 89.4. The van der Waals surface area contributed by atoms with Gasteiger partial charge in [0.05, 0.1) is 41.7 Å². The van der Waals surface area contributed by atoms with Crippen LogP contribution >= 0.6 is 46.4 Å². The number of likely N-dealkylation sites (N-methyl/N-ethyl adjacent to an activating group) is 2. The van der Waals surface area contributed by atoms with Gasteiger partial charge in [-0.1, -0.05) is 158 Å². The van der Waals surface area contributed by atoms with Gasteiger partial charge >= 0.3 is 24.1 Å². The van der Waals surface area contributed by atoms with Gasteiger partial charge < -0.3 is 99.4 Å². The Bertz CT molecular complexity index is 4970. The zero-order chi connectivity index (χ0) is 105. The molecule has 12 rings (SSSR count). The number of halogens is 4. The molecule has 0 spiro atoms. The summed E-state index contributed by atoms with van der Waals surface area (Å²) < 4.78 is 65.9. The number of carbonyl (C=O) groups is 8. The van der Waals surface area contributed by atoms with Gasteiger partial charge in [0.1, 0.15) is 24.4 Å². The second kappa shape index (κ2) is 67.1. The number of hydrogen-bond donors (Lipinski definition) is 8. The second-order valence-electron chi connectivity index (χ2n) is 37.4. The number of ether oxygens (including phenoxy) is 12. The Morgan fingerprint density at radius 3 is 0.932 bits per heavy atom. The number of methoxy groups -OCH3 is 4. The molecule has 4 aliphatic rings. The normalized spacial score (nSPS) is 17.1. The lowest BCUT2D eigenvalue weighted by Gasteiger charge is -2.26. The van der Waals surface area contributed by atoms with Gasteiger partial charge in [0, 0.05) is 173 Å². The molecular formula is C114H152Cl4N8O20. The standard InChI is InChI=1S/2C29H38ClNO5.2C28H38ClN3O5/c2*1-3-21(16-22-8-6-14-35-20-22)19-31-29(33)25-11-4-9-23(17-25)28(24-10-5-12-26(30)18-24)36-15-7-13-27(32)34-2;2*1-19-9-10-23(29)16-25(19)26(37-13-11-31-28(34)35-3)21-7-4-8-22(15-21)27(33)32-17-24(30-2)14-20-6-5-12-36-18-20/h2*4-5,9-12,17-18,21-22,28H,3,6-8,13-16,19-20H2,1-2H3,(H,31,33);2*4,7-10,15-16,20,24,26,30H,5-6,11-14,17-18H2,1-3H3,(H,31,34)(H,32,33)/t21-,22-,28?;21-,22-,28+;2*20-,24+,26?/m1011/s1. The van der Waals surface area contributed by atoms with Gasteiger partial charge in [-0.05, 0) is 306 Å². The summed E-state index contributed by atoms with van der Waals surface area (Å²) in [6.45, 7) is 19.1. The quantitative estimate of drug-likeness (QED) is 0.00997. The summed E-state index contributed by atoms with van der Waals surface area (Å²) in [5.74, 6) is 2.05. The average Bonchev–Trinajstić information content (AvgIpc) is 0.817. The molecule has 4 aliphatic heterocycles. The topological polar surface area (TPSA) is 344 Å². The van der Waals surface area contributed by atoms with E-state index >= 15 is 0 Å². The molecular weight excluding hydrogens is 1940 g/mol. The number of benzene rings is 8. The highest BCUT2D eigenvalue weighted by molar-refractivity contribution is 6.31. The van der Waals surface area contributed by atoms with Crippen molar-refractivity contribution in [3.8, 4) is 0 Å². The number of alkyl carbamates (subject to hydrolysis) is 2. The first-order valence-electron chi connectivity index (χ1n) is 51.3. The number of rotatable bonds is 50. The molecule has 0 aromatic heterocycles. The Morgan fingerprint density at radius 2 is 0.637 bits per heavy atom. The minimum absolute atomic E-state index is 0.0919. The molecule has 4 saturated heterocycles. The number of aryl methyl sites for hydroxylation is 2. The Kier molecular flexibility index (Phi) is 54.8. The van der Waals surface area contributed by atoms with Gasteiger partial charge in [0.25, 0.3) is 23.6 Å². The molecule has 32 heteroatoms. The van der Waals surface area contributed by atoms with Gasteiger partial charge in [-0.2, -0.15) is 0 Å². The summed E-state index contributed by atoms with van der Waals surface area (Å²) in [6.07, 6.45) is 14.1. The van der Waals surface area contributed by atoms with Gasteiger partial charge in [0.2, 0.25) is 0 Å². The molecule has 3 unspecified atom stereocenters. The molecule has 12 atom stereocenters. The number of nitrogens with one attached hydrogen (secondary N) is 8. The van der Waals surface area contributed by atoms with E-state index in [0.717, 1.165) is 186 Å². The summed E-state index contributed by atoms with van der Waals surface area (Å²) in [4.78, 5) is 97.9. The molecule has 28 nitrogen and oxygen atoms in total. The Balaban J connectivity index is 0.000000217. The monoisotopic (exact) mass is 2090 g/mol. The van der Waals surface area contributed by atoms with E-state index in [1.165, 1.54) is 41.3 Å². The largest absolute Gasteiger partial charge is 0.469 e. The van der Waals surface area contributed by atoms with Crippen molar-refractivity contribution in [3.63, 3.8) is 0 Å². The lowest BCUT2D eigenvalue weighted by Crippen LogP contribution is -2.41. The van der Waals surface area contributed by atoms with Crippen molar-refractivity contribution in [3.05, 3.63) is 280 Å². The zero-order valence-electron chi connectivity index (χ0n) is 86.4. The number of hydrogen-bond acceptors (Lipinski definition) is 22. The molecule has 796 valence electrons. The fraction of sp³-hybridized carbons (Fsp3) is 0.509. The predicted molar refractivity (Wildman–Crippen MR) is 571 cm³/mol. The van der Waals surface area contributed by atoms with E-state index in [2.05, 4.69) is 65.9 Å². The molecule has 146 heavy (non-hydrogen) atoms. The lowest BCUT2D eigenvalue weighted by molar-refractivity contribution is -0.141. The van der Waals surface area contributed by atoms with Gasteiger partial charge in [0.15, 0.2) is 0 Å². The van der Waals surface area contributed by atoms with Gasteiger partial charge in [-0.15, -0.1) is 0 Å². The van der Waals surface area contributed by atoms with Crippen molar-refractivity contribution in [1.82, 2.24) is 42.5 Å². The Hall–Kier alpha value is -10.1. The van der Waals surface area contributed by atoms with E-state index in [9.17, 15) is 38.4 Å². The maximum absolute atomic E-state index is 13.1. The van der Waals surface area contributed by atoms with Crippen molar-refractivity contribution in [2.45, 2.75) is 180 Å². The van der Waals surface area contributed by atoms with Crippen LogP contribution in [0.2, 0.25) is 20.1 Å². The molecule has 6 amide bonds. The van der Waals surface area contributed by atoms with Crippen LogP contribution in [0.3, 0.4) is 0 Å². The Morgan fingerprint density at radius 1 is 0.342 bits per heavy atom. The van der Waals surface area contributed by atoms with E-state index in [0.29, 0.717) is 130 Å². The summed E-state index contributed by atoms with van der Waals surface area (Å²) >= 11 is 25.1. The molecule has 8 aromatic carbocycles. The Labute approximate surface area is 882 Å².